The summed E-state index contributed by atoms with van der Waals surface area (Å²) >= 11 is 3.37. The van der Waals surface area contributed by atoms with Crippen LogP contribution >= 0.6 is 15.9 Å². The molecule has 0 aliphatic heterocycles. The van der Waals surface area contributed by atoms with Crippen LogP contribution in [0.2, 0.25) is 0 Å². The molecule has 1 atom stereocenters. The molecule has 1 N–H and O–H groups in total. The maximum Gasteiger partial charge on any atom is 0.244 e. The zero-order valence-corrected chi connectivity index (χ0v) is 13.9. The van der Waals surface area contributed by atoms with E-state index >= 15 is 0 Å². The van der Waals surface area contributed by atoms with Gasteiger partial charge in [-0.05, 0) is 48.5 Å². The van der Waals surface area contributed by atoms with Crippen LogP contribution in [0.15, 0.2) is 51.6 Å². The molecule has 0 aliphatic carbocycles. The van der Waals surface area contributed by atoms with Crippen molar-refractivity contribution >= 4 is 21.8 Å². The number of benzene rings is 1. The van der Waals surface area contributed by atoms with E-state index in [2.05, 4.69) is 36.7 Å². The molecule has 0 saturated heterocycles. The predicted octanol–water partition coefficient (Wildman–Crippen LogP) is 2.57. The first-order valence-electron chi connectivity index (χ1n) is 6.98. The molecule has 23 heavy (non-hydrogen) atoms. The lowest BCUT2D eigenvalue weighted by Crippen LogP contribution is -2.30. The van der Waals surface area contributed by atoms with Gasteiger partial charge in [-0.25, -0.2) is 0 Å². The molecule has 3 aromatic rings. The van der Waals surface area contributed by atoms with Crippen molar-refractivity contribution < 1.29 is 9.21 Å². The highest BCUT2D eigenvalue weighted by molar-refractivity contribution is 9.10. The monoisotopic (exact) mass is 375 g/mol. The second-order valence-electron chi connectivity index (χ2n) is 4.95. The molecule has 0 radical (unpaired) electrons. The normalized spacial score (nSPS) is 12.1. The third-order valence-electron chi connectivity index (χ3n) is 3.19. The number of hydrogen-bond donors (Lipinski definition) is 1. The third kappa shape index (κ3) is 3.84. The largest absolute Gasteiger partial charge is 0.467 e. The van der Waals surface area contributed by atoms with Crippen molar-refractivity contribution in [3.8, 4) is 11.4 Å². The fourth-order valence-corrected chi connectivity index (χ4v) is 2.31. The van der Waals surface area contributed by atoms with Gasteiger partial charge in [-0.15, -0.1) is 10.2 Å². The number of tetrazole rings is 1. The van der Waals surface area contributed by atoms with E-state index < -0.39 is 0 Å². The minimum atomic E-state index is -0.216. The Morgan fingerprint density at radius 1 is 1.35 bits per heavy atom. The summed E-state index contributed by atoms with van der Waals surface area (Å²) in [6.07, 6.45) is 1.57. The van der Waals surface area contributed by atoms with Crippen molar-refractivity contribution in [1.82, 2.24) is 25.5 Å². The molecule has 0 unspecified atom stereocenters. The number of nitrogens with one attached hydrogen (secondary N) is 1. The number of aromatic nitrogens is 4. The van der Waals surface area contributed by atoms with E-state index in [1.807, 2.05) is 37.3 Å². The van der Waals surface area contributed by atoms with Crippen molar-refractivity contribution in [2.24, 2.45) is 0 Å². The van der Waals surface area contributed by atoms with E-state index in [4.69, 9.17) is 4.42 Å². The fourth-order valence-electron chi connectivity index (χ4n) is 2.05. The van der Waals surface area contributed by atoms with Gasteiger partial charge in [-0.2, -0.15) is 4.80 Å². The van der Waals surface area contributed by atoms with Gasteiger partial charge in [-0.3, -0.25) is 4.79 Å². The number of furan rings is 1. The highest BCUT2D eigenvalue weighted by Gasteiger charge is 2.14. The van der Waals surface area contributed by atoms with Gasteiger partial charge in [0.25, 0.3) is 0 Å². The van der Waals surface area contributed by atoms with Gasteiger partial charge in [0.1, 0.15) is 12.3 Å². The van der Waals surface area contributed by atoms with Crippen molar-refractivity contribution in [2.75, 3.05) is 0 Å². The van der Waals surface area contributed by atoms with Gasteiger partial charge in [-0.1, -0.05) is 15.9 Å². The molecule has 1 amide bonds. The minimum Gasteiger partial charge on any atom is -0.467 e. The van der Waals surface area contributed by atoms with Crippen molar-refractivity contribution in [1.29, 1.82) is 0 Å². The Morgan fingerprint density at radius 2 is 2.13 bits per heavy atom. The molecule has 8 heteroatoms. The molecule has 0 bridgehead atoms. The summed E-state index contributed by atoms with van der Waals surface area (Å²) in [4.78, 5) is 13.3. The Kier molecular flexibility index (Phi) is 4.52. The molecule has 0 aliphatic rings. The van der Waals surface area contributed by atoms with Crippen LogP contribution in [0.25, 0.3) is 11.4 Å². The summed E-state index contributed by atoms with van der Waals surface area (Å²) in [6, 6.07) is 10.9. The second kappa shape index (κ2) is 6.74. The zero-order valence-electron chi connectivity index (χ0n) is 12.3. The van der Waals surface area contributed by atoms with E-state index in [0.29, 0.717) is 11.6 Å². The summed E-state index contributed by atoms with van der Waals surface area (Å²) in [5.74, 6) is 0.957. The lowest BCUT2D eigenvalue weighted by molar-refractivity contribution is -0.122. The van der Waals surface area contributed by atoms with Gasteiger partial charge < -0.3 is 9.73 Å². The van der Waals surface area contributed by atoms with Crippen LogP contribution < -0.4 is 5.32 Å². The lowest BCUT2D eigenvalue weighted by atomic mass is 10.2. The second-order valence-corrected chi connectivity index (χ2v) is 5.87. The standard InChI is InChI=1S/C15H14BrN5O2/c1-10(13-3-2-8-23-13)17-14(22)9-21-19-15(18-20-21)11-4-6-12(16)7-5-11/h2-8,10H,9H2,1H3,(H,17,22)/t10-/m1/s1. The first-order valence-corrected chi connectivity index (χ1v) is 7.77. The van der Waals surface area contributed by atoms with Crippen LogP contribution in [0, 0.1) is 0 Å². The molecule has 0 fully saturated rings. The maximum absolute atomic E-state index is 12.0. The highest BCUT2D eigenvalue weighted by atomic mass is 79.9. The first-order chi connectivity index (χ1) is 11.1. The first kappa shape index (κ1) is 15.4. The third-order valence-corrected chi connectivity index (χ3v) is 3.72. The van der Waals surface area contributed by atoms with E-state index in [-0.39, 0.29) is 18.5 Å². The average Bonchev–Trinajstić information content (AvgIpc) is 3.19. The number of rotatable bonds is 5. The van der Waals surface area contributed by atoms with Crippen LogP contribution in [0.5, 0.6) is 0 Å². The molecule has 1 aromatic carbocycles. The van der Waals surface area contributed by atoms with E-state index in [9.17, 15) is 4.79 Å². The Balaban J connectivity index is 1.62. The lowest BCUT2D eigenvalue weighted by Gasteiger charge is -2.10. The van der Waals surface area contributed by atoms with Crippen LogP contribution in [0.3, 0.4) is 0 Å². The molecule has 0 saturated carbocycles. The number of amides is 1. The van der Waals surface area contributed by atoms with Crippen LogP contribution in [0.1, 0.15) is 18.7 Å². The molecule has 3 rings (SSSR count). The highest BCUT2D eigenvalue weighted by Crippen LogP contribution is 2.17. The van der Waals surface area contributed by atoms with Crippen LogP contribution in [0.4, 0.5) is 0 Å². The van der Waals surface area contributed by atoms with Crippen molar-refractivity contribution in [3.05, 3.63) is 52.9 Å². The molecule has 0 spiro atoms. The SMILES string of the molecule is C[C@@H](NC(=O)Cn1nnc(-c2ccc(Br)cc2)n1)c1ccco1. The van der Waals surface area contributed by atoms with E-state index in [1.165, 1.54) is 4.80 Å². The van der Waals surface area contributed by atoms with Crippen molar-refractivity contribution in [2.45, 2.75) is 19.5 Å². The van der Waals surface area contributed by atoms with Crippen LogP contribution in [-0.2, 0) is 11.3 Å². The average molecular weight is 376 g/mol. The molecular formula is C15H14BrN5O2. The van der Waals surface area contributed by atoms with E-state index in [1.54, 1.807) is 12.3 Å². The summed E-state index contributed by atoms with van der Waals surface area (Å²) < 4.78 is 6.22. The number of halogens is 1. The smallest absolute Gasteiger partial charge is 0.244 e. The zero-order chi connectivity index (χ0) is 16.2. The molecule has 2 heterocycles. The van der Waals surface area contributed by atoms with Gasteiger partial charge in [0.15, 0.2) is 0 Å². The molecule has 2 aromatic heterocycles. The fraction of sp³-hybridized carbons (Fsp3) is 0.200. The number of nitrogens with zero attached hydrogens (tertiary/aromatic N) is 4. The van der Waals surface area contributed by atoms with Gasteiger partial charge in [0, 0.05) is 10.0 Å². The Hall–Kier alpha value is -2.48. The Bertz CT molecular complexity index is 783. The molecular weight excluding hydrogens is 362 g/mol. The summed E-state index contributed by atoms with van der Waals surface area (Å²) in [7, 11) is 0. The van der Waals surface area contributed by atoms with Crippen molar-refractivity contribution in [3.63, 3.8) is 0 Å². The number of carbonyl (C=O) groups excluding carboxylic acids is 1. The molecule has 7 nitrogen and oxygen atoms in total. The van der Waals surface area contributed by atoms with Gasteiger partial charge in [0.05, 0.1) is 12.3 Å². The Labute approximate surface area is 140 Å². The summed E-state index contributed by atoms with van der Waals surface area (Å²) in [5.41, 5.74) is 0.837. The minimum absolute atomic E-state index is 0.00538. The number of carbonyl (C=O) groups is 1. The van der Waals surface area contributed by atoms with Gasteiger partial charge >= 0.3 is 0 Å². The maximum atomic E-state index is 12.0. The van der Waals surface area contributed by atoms with E-state index in [0.717, 1.165) is 10.0 Å². The predicted molar refractivity (Wildman–Crippen MR) is 86.2 cm³/mol. The Morgan fingerprint density at radius 3 is 2.83 bits per heavy atom. The van der Waals surface area contributed by atoms with Gasteiger partial charge in [0.2, 0.25) is 11.7 Å². The summed E-state index contributed by atoms with van der Waals surface area (Å²) in [6.45, 7) is 1.84. The molecule has 118 valence electrons. The topological polar surface area (TPSA) is 85.8 Å². The quantitative estimate of drug-likeness (QED) is 0.740. The van der Waals surface area contributed by atoms with Crippen LogP contribution in [-0.4, -0.2) is 26.1 Å². The number of hydrogen-bond acceptors (Lipinski definition) is 5. The summed E-state index contributed by atoms with van der Waals surface area (Å²) in [5, 5.41) is 14.9.